The maximum Gasteiger partial charge on any atom is 0.272 e. The summed E-state index contributed by atoms with van der Waals surface area (Å²) in [5.41, 5.74) is 0.331. The van der Waals surface area contributed by atoms with Gasteiger partial charge in [0.15, 0.2) is 0 Å². The first-order valence-electron chi connectivity index (χ1n) is 6.20. The van der Waals surface area contributed by atoms with Crippen LogP contribution in [0.15, 0.2) is 18.2 Å². The third-order valence-corrected chi connectivity index (χ3v) is 3.29. The summed E-state index contributed by atoms with van der Waals surface area (Å²) in [6, 6.07) is 3.60. The molecule has 5 nitrogen and oxygen atoms in total. The van der Waals surface area contributed by atoms with E-state index >= 15 is 0 Å². The van der Waals surface area contributed by atoms with Gasteiger partial charge in [0, 0.05) is 25.1 Å². The Morgan fingerprint density at radius 2 is 2.26 bits per heavy atom. The molecule has 1 unspecified atom stereocenters. The van der Waals surface area contributed by atoms with Gasteiger partial charge >= 0.3 is 0 Å². The number of hydrogen-bond donors (Lipinski definition) is 0. The SMILES string of the molecule is O=CC1CCCN(Cc2cc(F)cc([N+](=O)[O-])c2)C1. The Morgan fingerprint density at radius 1 is 1.47 bits per heavy atom. The summed E-state index contributed by atoms with van der Waals surface area (Å²) in [5.74, 6) is -0.592. The number of rotatable bonds is 4. The first-order chi connectivity index (χ1) is 9.08. The maximum absolute atomic E-state index is 13.3. The molecule has 0 radical (unpaired) electrons. The minimum atomic E-state index is -0.604. The molecule has 102 valence electrons. The van der Waals surface area contributed by atoms with E-state index < -0.39 is 10.7 Å². The average molecular weight is 266 g/mol. The van der Waals surface area contributed by atoms with Gasteiger partial charge in [0.1, 0.15) is 12.1 Å². The fourth-order valence-electron chi connectivity index (χ4n) is 2.43. The second-order valence-corrected chi connectivity index (χ2v) is 4.85. The number of hydrogen-bond acceptors (Lipinski definition) is 4. The van der Waals surface area contributed by atoms with Gasteiger partial charge < -0.3 is 4.79 Å². The molecule has 0 saturated carbocycles. The number of carbonyl (C=O) groups is 1. The summed E-state index contributed by atoms with van der Waals surface area (Å²) >= 11 is 0. The minimum Gasteiger partial charge on any atom is -0.303 e. The van der Waals surface area contributed by atoms with Crippen molar-refractivity contribution in [3.63, 3.8) is 0 Å². The Balaban J connectivity index is 2.10. The van der Waals surface area contributed by atoms with Crippen LogP contribution in [0.1, 0.15) is 18.4 Å². The van der Waals surface area contributed by atoms with Crippen molar-refractivity contribution in [2.75, 3.05) is 13.1 Å². The summed E-state index contributed by atoms with van der Waals surface area (Å²) in [6.45, 7) is 1.89. The average Bonchev–Trinajstić information content (AvgIpc) is 2.38. The van der Waals surface area contributed by atoms with E-state index in [1.165, 1.54) is 12.1 Å². The Labute approximate surface area is 110 Å². The minimum absolute atomic E-state index is 0.0114. The molecule has 0 N–H and O–H groups in total. The van der Waals surface area contributed by atoms with Crippen molar-refractivity contribution < 1.29 is 14.1 Å². The highest BCUT2D eigenvalue weighted by atomic mass is 19.1. The molecule has 1 aliphatic rings. The van der Waals surface area contributed by atoms with Gasteiger partial charge in [-0.2, -0.15) is 0 Å². The lowest BCUT2D eigenvalue weighted by Crippen LogP contribution is -2.35. The van der Waals surface area contributed by atoms with Crippen LogP contribution in [-0.2, 0) is 11.3 Å². The number of piperidine rings is 1. The van der Waals surface area contributed by atoms with Gasteiger partial charge in [-0.25, -0.2) is 4.39 Å². The summed E-state index contributed by atoms with van der Waals surface area (Å²) in [5, 5.41) is 10.7. The molecule has 19 heavy (non-hydrogen) atoms. The highest BCUT2D eigenvalue weighted by molar-refractivity contribution is 5.54. The van der Waals surface area contributed by atoms with Gasteiger partial charge in [-0.05, 0) is 31.0 Å². The molecule has 1 atom stereocenters. The molecule has 6 heteroatoms. The topological polar surface area (TPSA) is 63.5 Å². The predicted molar refractivity (Wildman–Crippen MR) is 67.1 cm³/mol. The monoisotopic (exact) mass is 266 g/mol. The van der Waals surface area contributed by atoms with E-state index in [-0.39, 0.29) is 11.6 Å². The van der Waals surface area contributed by atoms with E-state index in [0.29, 0.717) is 18.7 Å². The second-order valence-electron chi connectivity index (χ2n) is 4.85. The normalized spacial score (nSPS) is 20.2. The molecular weight excluding hydrogens is 251 g/mol. The predicted octanol–water partition coefficient (Wildman–Crippen LogP) is 2.14. The summed E-state index contributed by atoms with van der Waals surface area (Å²) in [7, 11) is 0. The molecule has 1 saturated heterocycles. The Kier molecular flexibility index (Phi) is 4.21. The highest BCUT2D eigenvalue weighted by Crippen LogP contribution is 2.20. The van der Waals surface area contributed by atoms with Gasteiger partial charge in [-0.15, -0.1) is 0 Å². The third-order valence-electron chi connectivity index (χ3n) is 3.29. The molecule has 0 spiro atoms. The molecule has 1 aromatic carbocycles. The highest BCUT2D eigenvalue weighted by Gasteiger charge is 2.20. The lowest BCUT2D eigenvalue weighted by Gasteiger charge is -2.30. The first kappa shape index (κ1) is 13.6. The quantitative estimate of drug-likeness (QED) is 0.476. The van der Waals surface area contributed by atoms with Gasteiger partial charge in [-0.3, -0.25) is 15.0 Å². The summed E-state index contributed by atoms with van der Waals surface area (Å²) in [4.78, 5) is 22.9. The molecule has 0 aromatic heterocycles. The number of nitro benzene ring substituents is 1. The Morgan fingerprint density at radius 3 is 2.95 bits per heavy atom. The molecule has 2 rings (SSSR count). The van der Waals surface area contributed by atoms with E-state index in [1.807, 2.05) is 4.90 Å². The maximum atomic E-state index is 13.3. The fourth-order valence-corrected chi connectivity index (χ4v) is 2.43. The van der Waals surface area contributed by atoms with E-state index in [9.17, 15) is 19.3 Å². The van der Waals surface area contributed by atoms with Crippen LogP contribution in [-0.4, -0.2) is 29.2 Å². The van der Waals surface area contributed by atoms with Crippen LogP contribution >= 0.6 is 0 Å². The number of benzene rings is 1. The summed E-state index contributed by atoms with van der Waals surface area (Å²) < 4.78 is 13.3. The van der Waals surface area contributed by atoms with Gasteiger partial charge in [0.05, 0.1) is 11.0 Å². The third kappa shape index (κ3) is 3.57. The standard InChI is InChI=1S/C13H15FN2O3/c14-12-4-11(5-13(6-12)16(18)19)8-15-3-1-2-10(7-15)9-17/h4-6,9-10H,1-3,7-8H2. The van der Waals surface area contributed by atoms with Crippen molar-refractivity contribution in [1.82, 2.24) is 4.90 Å². The van der Waals surface area contributed by atoms with Crippen LogP contribution < -0.4 is 0 Å². The number of nitrogens with zero attached hydrogens (tertiary/aromatic N) is 2. The largest absolute Gasteiger partial charge is 0.303 e. The van der Waals surface area contributed by atoms with Crippen LogP contribution in [0.2, 0.25) is 0 Å². The molecule has 1 aromatic rings. The molecule has 0 bridgehead atoms. The van der Waals surface area contributed by atoms with Gasteiger partial charge in [0.2, 0.25) is 0 Å². The molecule has 1 aliphatic heterocycles. The molecule has 0 aliphatic carbocycles. The molecule has 1 fully saturated rings. The van der Waals surface area contributed by atoms with Gasteiger partial charge in [-0.1, -0.05) is 0 Å². The smallest absolute Gasteiger partial charge is 0.272 e. The lowest BCUT2D eigenvalue weighted by atomic mass is 9.99. The van der Waals surface area contributed by atoms with Crippen LogP contribution in [0.5, 0.6) is 0 Å². The van der Waals surface area contributed by atoms with Crippen LogP contribution in [0.25, 0.3) is 0 Å². The number of non-ortho nitro benzene ring substituents is 1. The van der Waals surface area contributed by atoms with Crippen molar-refractivity contribution in [2.45, 2.75) is 19.4 Å². The van der Waals surface area contributed by atoms with E-state index in [1.54, 1.807) is 0 Å². The number of aldehydes is 1. The first-order valence-corrected chi connectivity index (χ1v) is 6.20. The van der Waals surface area contributed by atoms with Gasteiger partial charge in [0.25, 0.3) is 5.69 Å². The summed E-state index contributed by atoms with van der Waals surface area (Å²) in [6.07, 6.45) is 2.74. The number of likely N-dealkylation sites (tertiary alicyclic amines) is 1. The van der Waals surface area contributed by atoms with Crippen molar-refractivity contribution in [3.05, 3.63) is 39.7 Å². The van der Waals surface area contributed by atoms with Crippen molar-refractivity contribution in [2.24, 2.45) is 5.92 Å². The Hall–Kier alpha value is -1.82. The van der Waals surface area contributed by atoms with Crippen molar-refractivity contribution >= 4 is 12.0 Å². The zero-order valence-electron chi connectivity index (χ0n) is 10.4. The Bertz CT molecular complexity index is 493. The number of carbonyl (C=O) groups excluding carboxylic acids is 1. The van der Waals surface area contributed by atoms with Crippen molar-refractivity contribution in [1.29, 1.82) is 0 Å². The second kappa shape index (κ2) is 5.88. The van der Waals surface area contributed by atoms with E-state index in [0.717, 1.165) is 31.7 Å². The number of halogens is 1. The molecule has 0 amide bonds. The zero-order chi connectivity index (χ0) is 13.8. The lowest BCUT2D eigenvalue weighted by molar-refractivity contribution is -0.385. The van der Waals surface area contributed by atoms with Crippen LogP contribution in [0.4, 0.5) is 10.1 Å². The van der Waals surface area contributed by atoms with E-state index in [4.69, 9.17) is 0 Å². The molecule has 1 heterocycles. The fraction of sp³-hybridized carbons (Fsp3) is 0.462. The molecular formula is C13H15FN2O3. The van der Waals surface area contributed by atoms with Crippen LogP contribution in [0.3, 0.4) is 0 Å². The zero-order valence-corrected chi connectivity index (χ0v) is 10.4. The van der Waals surface area contributed by atoms with E-state index in [2.05, 4.69) is 0 Å². The van der Waals surface area contributed by atoms with Crippen molar-refractivity contribution in [3.8, 4) is 0 Å². The number of nitro groups is 1. The van der Waals surface area contributed by atoms with Crippen LogP contribution in [0, 0.1) is 21.8 Å².